The molecule has 3 fully saturated rings. The lowest BCUT2D eigenvalue weighted by molar-refractivity contribution is -0.205. The molecular weight excluding hydrogens is 1330 g/mol. The zero-order valence-electron chi connectivity index (χ0n) is 53.5. The molecule has 0 radical (unpaired) electrons. The molecule has 3 heterocycles. The fourth-order valence-corrected chi connectivity index (χ4v) is 14.2. The van der Waals surface area contributed by atoms with Crippen LogP contribution in [0.3, 0.4) is 0 Å². The number of aromatic hydroxyl groups is 1. The molecule has 0 aliphatic carbocycles. The molecule has 0 spiro atoms. The van der Waals surface area contributed by atoms with Gasteiger partial charge in [0, 0.05) is 50.3 Å². The lowest BCUT2D eigenvalue weighted by Crippen LogP contribution is -2.61. The number of hydrogen-bond acceptors (Lipinski definition) is 22. The predicted molar refractivity (Wildman–Crippen MR) is 358 cm³/mol. The Morgan fingerprint density at radius 2 is 1.27 bits per heavy atom. The minimum atomic E-state index is -1.87. The number of carbonyl (C=O) groups excluding carboxylic acids is 12. The molecule has 0 bridgehead atoms. The highest BCUT2D eigenvalue weighted by Gasteiger charge is 2.44. The summed E-state index contributed by atoms with van der Waals surface area (Å²) in [6.45, 7) is -1.11. The second-order valence-corrected chi connectivity index (χ2v) is 27.3. The summed E-state index contributed by atoms with van der Waals surface area (Å²) >= 11 is 1.25. The summed E-state index contributed by atoms with van der Waals surface area (Å²) in [7, 11) is 1.89. The number of unbranched alkanes of at least 4 members (excludes halogenated alkanes) is 5. The first-order valence-corrected chi connectivity index (χ1v) is 35.4. The lowest BCUT2D eigenvalue weighted by atomic mass is 10.0. The third-order valence-electron chi connectivity index (χ3n) is 15.9. The quantitative estimate of drug-likeness (QED) is 0.0145. The summed E-state index contributed by atoms with van der Waals surface area (Å²) < 4.78 is 5.57. The number of phenols is 1. The Labute approximate surface area is 572 Å². The SMILES string of the molecule is NC(=O)CCC1NC(=O)[C@H](Cc2ccccc2)NC(=O)C(Cc2ccc(O)cc2)NC(=O)[C@@H](NC(=O)CCCCCCCCS[C@@H]2O[C@H](CO)[C@@H](O)[C@H](O)[C@H]2O)CSSC[C@@H](C(=O)N2CCC[C@H]2C(=O)N[C@@H](CCCN=C(N)N)C(=O)NCC(N)=O)NC(=O)C(CC(N)=O)NC1=O. The van der Waals surface area contributed by atoms with Crippen LogP contribution in [0.2, 0.25) is 0 Å². The normalized spacial score (nSPS) is 24.9. The molecule has 2 aromatic rings. The van der Waals surface area contributed by atoms with E-state index in [2.05, 4.69) is 47.5 Å². The number of guanidine groups is 1. The van der Waals surface area contributed by atoms with Gasteiger partial charge in [-0.15, -0.1) is 11.8 Å². The summed E-state index contributed by atoms with van der Waals surface area (Å²) in [6.07, 6.45) is -3.29. The molecule has 3 aliphatic heterocycles. The second-order valence-electron chi connectivity index (χ2n) is 23.6. The number of nitrogens with two attached hydrogens (primary N) is 5. The van der Waals surface area contributed by atoms with Crippen LogP contribution in [0, 0.1) is 0 Å². The maximum absolute atomic E-state index is 15.0. The second kappa shape index (κ2) is 41.3. The van der Waals surface area contributed by atoms with Crippen molar-refractivity contribution in [2.24, 2.45) is 33.7 Å². The number of aliphatic hydroxyl groups is 4. The van der Waals surface area contributed by atoms with Crippen LogP contribution >= 0.6 is 33.3 Å². The average Bonchev–Trinajstić information content (AvgIpc) is 1.09. The van der Waals surface area contributed by atoms with E-state index in [9.17, 15) is 83.1 Å². The number of hydrogen-bond donors (Lipinski definition) is 18. The Balaban J connectivity index is 1.46. The molecule has 2 aromatic carbocycles. The van der Waals surface area contributed by atoms with Gasteiger partial charge in [-0.2, -0.15) is 0 Å². The molecule has 3 saturated heterocycles. The number of nitrogens with zero attached hydrogens (tertiary/aromatic N) is 2. The first-order valence-electron chi connectivity index (χ1n) is 31.8. The van der Waals surface area contributed by atoms with E-state index in [0.29, 0.717) is 42.6 Å². The van der Waals surface area contributed by atoms with E-state index >= 15 is 0 Å². The summed E-state index contributed by atoms with van der Waals surface area (Å²) in [5.74, 6) is -11.3. The number of benzene rings is 2. The van der Waals surface area contributed by atoms with Crippen LogP contribution in [-0.4, -0.2) is 229 Å². The van der Waals surface area contributed by atoms with E-state index in [1.54, 1.807) is 30.3 Å². The molecule has 36 heteroatoms. The highest BCUT2D eigenvalue weighted by Crippen LogP contribution is 2.30. The van der Waals surface area contributed by atoms with Crippen molar-refractivity contribution in [3.8, 4) is 5.75 Å². The lowest BCUT2D eigenvalue weighted by Gasteiger charge is -2.39. The van der Waals surface area contributed by atoms with Crippen molar-refractivity contribution in [1.29, 1.82) is 0 Å². The molecule has 3 unspecified atom stereocenters. The standard InChI is InChI=1S/C61H91N15O18S3/c62-45(79)22-21-37-53(87)74-40(28-46(63)80)56(90)75-42(59(93)76-24-11-15-43(76)58(92)71-36(14-10-23-67-61(65)66)52(86)68-29-47(64)81)32-97-96-31-41(69-48(82)16-8-3-1-2-4-9-25-95-60-51(85)50(84)49(83)44(30-77)94-60)57(91)73-39(27-34-17-19-35(78)20-18-34)55(89)72-38(54(88)70-37)26-33-12-6-5-7-13-33/h5-7,12-13,17-20,36-44,49-51,60,77-78,83-85H,1-4,8-11,14-16,21-32H2,(H2,62,79)(H2,63,80)(H2,64,81)(H,68,86)(H,69,82)(H,70,88)(H,71,92)(H,72,89)(H,73,91)(H,74,87)(H,75,90)(H4,65,66,67)/t36-,37?,38-,39?,40?,41-,42-,43-,44+,49+,50-,51+,60-/m0/s1. The largest absolute Gasteiger partial charge is 0.508 e. The topological polar surface area (TPSA) is 557 Å². The Morgan fingerprint density at radius 3 is 1.91 bits per heavy atom. The van der Waals surface area contributed by atoms with Gasteiger partial charge in [0.25, 0.3) is 0 Å². The van der Waals surface area contributed by atoms with Crippen LogP contribution < -0.4 is 71.2 Å². The van der Waals surface area contributed by atoms with Crippen molar-refractivity contribution in [3.63, 3.8) is 0 Å². The monoisotopic (exact) mass is 1420 g/mol. The van der Waals surface area contributed by atoms with Gasteiger partial charge in [0.05, 0.1) is 19.6 Å². The maximum Gasteiger partial charge on any atom is 0.246 e. The van der Waals surface area contributed by atoms with Crippen molar-refractivity contribution in [2.75, 3.05) is 43.5 Å². The van der Waals surface area contributed by atoms with Crippen molar-refractivity contribution in [3.05, 3.63) is 65.7 Å². The van der Waals surface area contributed by atoms with E-state index < -0.39 is 181 Å². The number of likely N-dealkylation sites (tertiary alicyclic amines) is 1. The average molecular weight is 1420 g/mol. The maximum atomic E-state index is 15.0. The number of thioether (sulfide) groups is 1. The Bertz CT molecular complexity index is 3030. The first kappa shape index (κ1) is 79.7. The molecule has 5 rings (SSSR count). The number of phenolic OH excluding ortho intramolecular Hbond substituents is 1. The van der Waals surface area contributed by atoms with E-state index in [-0.39, 0.29) is 81.3 Å². The molecule has 3 aliphatic rings. The minimum Gasteiger partial charge on any atom is -0.508 e. The molecule has 97 heavy (non-hydrogen) atoms. The van der Waals surface area contributed by atoms with Gasteiger partial charge in [0.1, 0.15) is 83.9 Å². The van der Waals surface area contributed by atoms with Crippen molar-refractivity contribution >= 4 is 110 Å². The summed E-state index contributed by atoms with van der Waals surface area (Å²) in [5, 5.41) is 71.0. The molecule has 536 valence electrons. The third kappa shape index (κ3) is 27.4. The molecule has 12 amide bonds. The zero-order valence-corrected chi connectivity index (χ0v) is 56.0. The number of aliphatic hydroxyl groups excluding tert-OH is 4. The predicted octanol–water partition coefficient (Wildman–Crippen LogP) is -4.98. The Morgan fingerprint density at radius 1 is 0.670 bits per heavy atom. The number of nitrogens with one attached hydrogen (secondary N) is 8. The highest BCUT2D eigenvalue weighted by atomic mass is 33.1. The van der Waals surface area contributed by atoms with Gasteiger partial charge in [-0.1, -0.05) is 89.7 Å². The van der Waals surface area contributed by atoms with E-state index in [0.717, 1.165) is 39.3 Å². The first-order chi connectivity index (χ1) is 46.2. The van der Waals surface area contributed by atoms with E-state index in [1.807, 2.05) is 0 Å². The summed E-state index contributed by atoms with van der Waals surface area (Å²) in [6, 6.07) is 1.88. The molecule has 0 aromatic heterocycles. The number of rotatable bonds is 31. The molecule has 23 N–H and O–H groups in total. The van der Waals surface area contributed by atoms with Gasteiger partial charge in [-0.05, 0) is 74.0 Å². The Kier molecular flexibility index (Phi) is 33.9. The van der Waals surface area contributed by atoms with Gasteiger partial charge >= 0.3 is 0 Å². The van der Waals surface area contributed by atoms with Crippen LogP contribution in [-0.2, 0) is 75.1 Å². The zero-order chi connectivity index (χ0) is 71.1. The van der Waals surface area contributed by atoms with E-state index in [1.165, 1.54) is 36.0 Å². The van der Waals surface area contributed by atoms with Crippen LogP contribution in [0.4, 0.5) is 0 Å². The van der Waals surface area contributed by atoms with Gasteiger partial charge in [0.15, 0.2) is 5.96 Å². The molecule has 0 saturated carbocycles. The summed E-state index contributed by atoms with van der Waals surface area (Å²) in [5.41, 5.74) is 27.4. The van der Waals surface area contributed by atoms with Crippen molar-refractivity contribution < 1.29 is 87.8 Å². The van der Waals surface area contributed by atoms with Crippen molar-refractivity contribution in [2.45, 2.75) is 181 Å². The summed E-state index contributed by atoms with van der Waals surface area (Å²) in [4.78, 5) is 171. The number of primary amides is 3. The van der Waals surface area contributed by atoms with Crippen LogP contribution in [0.25, 0.3) is 0 Å². The fraction of sp³-hybridized carbons (Fsp3) is 0.590. The van der Waals surface area contributed by atoms with Crippen LogP contribution in [0.5, 0.6) is 5.75 Å². The van der Waals surface area contributed by atoms with Gasteiger partial charge in [-0.25, -0.2) is 0 Å². The number of aliphatic imine (C=N–C) groups is 1. The third-order valence-corrected chi connectivity index (χ3v) is 19.5. The van der Waals surface area contributed by atoms with Crippen LogP contribution in [0.1, 0.15) is 101 Å². The minimum absolute atomic E-state index is 0.0385. The van der Waals surface area contributed by atoms with Gasteiger partial charge in [0.2, 0.25) is 70.9 Å². The highest BCUT2D eigenvalue weighted by molar-refractivity contribution is 8.76. The number of amides is 12. The van der Waals surface area contributed by atoms with Gasteiger partial charge in [-0.3, -0.25) is 62.5 Å². The Hall–Kier alpha value is -8.00. The van der Waals surface area contributed by atoms with E-state index in [4.69, 9.17) is 33.4 Å². The molecule has 13 atom stereocenters. The fourth-order valence-electron chi connectivity index (χ4n) is 10.7. The number of ether oxygens (including phenoxy) is 1. The van der Waals surface area contributed by atoms with Crippen LogP contribution in [0.15, 0.2) is 59.6 Å². The van der Waals surface area contributed by atoms with Gasteiger partial charge < -0.3 is 106 Å². The molecular formula is C61H91N15O18S3. The number of carbonyl (C=O) groups is 12. The smallest absolute Gasteiger partial charge is 0.246 e. The molecule has 33 nitrogen and oxygen atoms in total. The van der Waals surface area contributed by atoms with Crippen molar-refractivity contribution in [1.82, 2.24) is 47.4 Å².